The van der Waals surface area contributed by atoms with Gasteiger partial charge in [-0.05, 0) is 42.7 Å². The van der Waals surface area contributed by atoms with E-state index in [2.05, 4.69) is 46.8 Å². The van der Waals surface area contributed by atoms with Crippen LogP contribution >= 0.6 is 22.7 Å². The first-order chi connectivity index (χ1) is 9.25. The number of thiophene rings is 2. The molecule has 0 aliphatic heterocycles. The predicted molar refractivity (Wildman–Crippen MR) is 83.6 cm³/mol. The normalized spacial score (nSPS) is 18.7. The molecule has 4 heteroatoms. The number of nitrogens with two attached hydrogens (primary N) is 1. The van der Waals surface area contributed by atoms with Crippen LogP contribution in [0.15, 0.2) is 35.0 Å². The number of rotatable bonds is 6. The summed E-state index contributed by atoms with van der Waals surface area (Å²) in [5.74, 6) is 0. The molecule has 0 bridgehead atoms. The molecule has 0 spiro atoms. The standard InChI is InChI=1S/C15H20N2S2/c1-11(16)15(14-5-3-9-19-14)17(12-6-7-12)10-13-4-2-8-18-13/h2-5,8-9,11-12,15H,6-7,10,16H2,1H3. The fraction of sp³-hybridized carbons (Fsp3) is 0.467. The van der Waals surface area contributed by atoms with Gasteiger partial charge in [-0.3, -0.25) is 4.90 Å². The van der Waals surface area contributed by atoms with Gasteiger partial charge in [-0.2, -0.15) is 0 Å². The fourth-order valence-electron chi connectivity index (χ4n) is 2.63. The van der Waals surface area contributed by atoms with Crippen LogP contribution in [0.1, 0.15) is 35.6 Å². The molecule has 1 fully saturated rings. The van der Waals surface area contributed by atoms with E-state index in [1.807, 2.05) is 22.7 Å². The van der Waals surface area contributed by atoms with Gasteiger partial charge in [0.2, 0.25) is 0 Å². The second-order valence-electron chi connectivity index (χ2n) is 5.30. The highest BCUT2D eigenvalue weighted by atomic mass is 32.1. The van der Waals surface area contributed by atoms with Gasteiger partial charge in [-0.1, -0.05) is 12.1 Å². The minimum Gasteiger partial charge on any atom is -0.326 e. The first-order valence-corrected chi connectivity index (χ1v) is 8.59. The van der Waals surface area contributed by atoms with Crippen molar-refractivity contribution in [3.63, 3.8) is 0 Å². The summed E-state index contributed by atoms with van der Waals surface area (Å²) in [6.07, 6.45) is 2.64. The maximum absolute atomic E-state index is 6.29. The quantitative estimate of drug-likeness (QED) is 0.876. The zero-order valence-electron chi connectivity index (χ0n) is 11.2. The monoisotopic (exact) mass is 292 g/mol. The minimum atomic E-state index is 0.166. The molecular formula is C15H20N2S2. The van der Waals surface area contributed by atoms with Crippen LogP contribution in [0.5, 0.6) is 0 Å². The molecule has 2 N–H and O–H groups in total. The lowest BCUT2D eigenvalue weighted by Crippen LogP contribution is -2.39. The van der Waals surface area contributed by atoms with Gasteiger partial charge >= 0.3 is 0 Å². The zero-order chi connectivity index (χ0) is 13.2. The van der Waals surface area contributed by atoms with Gasteiger partial charge in [0.05, 0.1) is 6.04 Å². The van der Waals surface area contributed by atoms with E-state index in [4.69, 9.17) is 5.73 Å². The van der Waals surface area contributed by atoms with Crippen LogP contribution in [0, 0.1) is 0 Å². The first-order valence-electron chi connectivity index (χ1n) is 6.83. The SMILES string of the molecule is CC(N)C(c1cccs1)N(Cc1cccs1)C1CC1. The molecular weight excluding hydrogens is 272 g/mol. The molecule has 102 valence electrons. The van der Waals surface area contributed by atoms with Crippen molar-refractivity contribution in [2.24, 2.45) is 5.73 Å². The van der Waals surface area contributed by atoms with Gasteiger partial charge in [0, 0.05) is 28.4 Å². The molecule has 2 atom stereocenters. The molecule has 1 aliphatic rings. The first kappa shape index (κ1) is 13.3. The van der Waals surface area contributed by atoms with Crippen LogP contribution in [0.4, 0.5) is 0 Å². The smallest absolute Gasteiger partial charge is 0.0596 e. The summed E-state index contributed by atoms with van der Waals surface area (Å²) in [4.78, 5) is 5.45. The molecule has 0 radical (unpaired) electrons. The molecule has 0 saturated heterocycles. The van der Waals surface area contributed by atoms with Crippen molar-refractivity contribution in [3.8, 4) is 0 Å². The van der Waals surface area contributed by atoms with E-state index >= 15 is 0 Å². The Balaban J connectivity index is 1.84. The zero-order valence-corrected chi connectivity index (χ0v) is 12.8. The van der Waals surface area contributed by atoms with Crippen LogP contribution in [0.2, 0.25) is 0 Å². The van der Waals surface area contributed by atoms with E-state index < -0.39 is 0 Å². The van der Waals surface area contributed by atoms with Crippen molar-refractivity contribution in [1.29, 1.82) is 0 Å². The van der Waals surface area contributed by atoms with Crippen LogP contribution in [-0.2, 0) is 6.54 Å². The van der Waals surface area contributed by atoms with Gasteiger partial charge in [0.15, 0.2) is 0 Å². The Morgan fingerprint density at radius 2 is 2.00 bits per heavy atom. The molecule has 2 heterocycles. The lowest BCUT2D eigenvalue weighted by Gasteiger charge is -2.33. The van der Waals surface area contributed by atoms with Gasteiger partial charge in [0.1, 0.15) is 0 Å². The van der Waals surface area contributed by atoms with E-state index in [1.165, 1.54) is 22.6 Å². The Bertz CT molecular complexity index is 486. The van der Waals surface area contributed by atoms with Crippen molar-refractivity contribution in [2.45, 2.75) is 44.4 Å². The molecule has 0 amide bonds. The Hall–Kier alpha value is -0.680. The molecule has 2 aromatic heterocycles. The summed E-state index contributed by atoms with van der Waals surface area (Å²) in [5, 5.41) is 4.31. The highest BCUT2D eigenvalue weighted by molar-refractivity contribution is 7.10. The van der Waals surface area contributed by atoms with Crippen LogP contribution < -0.4 is 5.73 Å². The van der Waals surface area contributed by atoms with Gasteiger partial charge in [-0.15, -0.1) is 22.7 Å². The molecule has 2 unspecified atom stereocenters. The highest BCUT2D eigenvalue weighted by Gasteiger charge is 2.36. The van der Waals surface area contributed by atoms with E-state index in [1.54, 1.807) is 0 Å². The summed E-state index contributed by atoms with van der Waals surface area (Å²) >= 11 is 3.67. The molecule has 1 aliphatic carbocycles. The summed E-state index contributed by atoms with van der Waals surface area (Å²) in [6, 6.07) is 9.96. The third-order valence-electron chi connectivity index (χ3n) is 3.62. The molecule has 0 aromatic carbocycles. The van der Waals surface area contributed by atoms with Crippen LogP contribution in [-0.4, -0.2) is 17.0 Å². The van der Waals surface area contributed by atoms with E-state index in [9.17, 15) is 0 Å². The highest BCUT2D eigenvalue weighted by Crippen LogP contribution is 2.38. The van der Waals surface area contributed by atoms with Crippen molar-refractivity contribution < 1.29 is 0 Å². The molecule has 3 rings (SSSR count). The van der Waals surface area contributed by atoms with E-state index in [-0.39, 0.29) is 6.04 Å². The summed E-state index contributed by atoms with van der Waals surface area (Å²) in [5.41, 5.74) is 6.29. The summed E-state index contributed by atoms with van der Waals surface area (Å²) in [7, 11) is 0. The van der Waals surface area contributed by atoms with E-state index in [0.29, 0.717) is 6.04 Å². The Labute approximate surface area is 122 Å². The van der Waals surface area contributed by atoms with Gasteiger partial charge < -0.3 is 5.73 Å². The molecule has 1 saturated carbocycles. The second-order valence-corrected chi connectivity index (χ2v) is 7.31. The second kappa shape index (κ2) is 5.75. The van der Waals surface area contributed by atoms with Crippen molar-refractivity contribution in [3.05, 3.63) is 44.8 Å². The van der Waals surface area contributed by atoms with Gasteiger partial charge in [-0.25, -0.2) is 0 Å². The predicted octanol–water partition coefficient (Wildman–Crippen LogP) is 3.86. The fourth-order valence-corrected chi connectivity index (χ4v) is 4.30. The average molecular weight is 292 g/mol. The third-order valence-corrected chi connectivity index (χ3v) is 5.43. The van der Waals surface area contributed by atoms with Crippen LogP contribution in [0.25, 0.3) is 0 Å². The Morgan fingerprint density at radius 1 is 1.26 bits per heavy atom. The van der Waals surface area contributed by atoms with Crippen molar-refractivity contribution in [2.75, 3.05) is 0 Å². The Kier molecular flexibility index (Phi) is 4.03. The largest absolute Gasteiger partial charge is 0.326 e. The van der Waals surface area contributed by atoms with E-state index in [0.717, 1.165) is 12.6 Å². The van der Waals surface area contributed by atoms with Crippen LogP contribution in [0.3, 0.4) is 0 Å². The number of hydrogen-bond acceptors (Lipinski definition) is 4. The number of hydrogen-bond donors (Lipinski definition) is 1. The molecule has 19 heavy (non-hydrogen) atoms. The van der Waals surface area contributed by atoms with Crippen molar-refractivity contribution >= 4 is 22.7 Å². The molecule has 2 aromatic rings. The number of nitrogens with zero attached hydrogens (tertiary/aromatic N) is 1. The average Bonchev–Trinajstić information content (AvgIpc) is 2.88. The third kappa shape index (κ3) is 3.08. The lowest BCUT2D eigenvalue weighted by molar-refractivity contribution is 0.162. The topological polar surface area (TPSA) is 29.3 Å². The maximum Gasteiger partial charge on any atom is 0.0596 e. The minimum absolute atomic E-state index is 0.166. The lowest BCUT2D eigenvalue weighted by atomic mass is 10.1. The maximum atomic E-state index is 6.29. The summed E-state index contributed by atoms with van der Waals surface area (Å²) < 4.78 is 0. The summed E-state index contributed by atoms with van der Waals surface area (Å²) in [6.45, 7) is 3.17. The van der Waals surface area contributed by atoms with Crippen molar-refractivity contribution in [1.82, 2.24) is 4.90 Å². The Morgan fingerprint density at radius 3 is 2.53 bits per heavy atom. The van der Waals surface area contributed by atoms with Gasteiger partial charge in [0.25, 0.3) is 0 Å². The molecule has 2 nitrogen and oxygen atoms in total.